The predicted octanol–water partition coefficient (Wildman–Crippen LogP) is 1.63. The molecule has 0 saturated carbocycles. The first-order valence-electron chi connectivity index (χ1n) is 8.62. The average molecular weight is 379 g/mol. The van der Waals surface area contributed by atoms with Crippen LogP contribution >= 0.6 is 0 Å². The largest absolute Gasteiger partial charge is 0.497 e. The van der Waals surface area contributed by atoms with E-state index in [2.05, 4.69) is 15.7 Å². The molecule has 2 heterocycles. The number of carbonyl (C=O) groups excluding carboxylic acids is 3. The Morgan fingerprint density at radius 1 is 1.07 bits per heavy atom. The summed E-state index contributed by atoms with van der Waals surface area (Å²) in [6, 6.07) is 13.6. The molecule has 1 saturated heterocycles. The van der Waals surface area contributed by atoms with Crippen LogP contribution in [0.25, 0.3) is 0 Å². The van der Waals surface area contributed by atoms with E-state index in [1.54, 1.807) is 48.5 Å². The molecule has 2 aromatic carbocycles. The number of anilines is 2. The van der Waals surface area contributed by atoms with Crippen LogP contribution in [0, 0.1) is 0 Å². The second-order valence-corrected chi connectivity index (χ2v) is 6.32. The Labute approximate surface area is 160 Å². The summed E-state index contributed by atoms with van der Waals surface area (Å²) in [7, 11) is 1.53. The van der Waals surface area contributed by atoms with Crippen molar-refractivity contribution in [2.45, 2.75) is 12.1 Å². The van der Waals surface area contributed by atoms with E-state index in [-0.39, 0.29) is 12.5 Å². The molecular formula is C19H17N5O4. The van der Waals surface area contributed by atoms with Gasteiger partial charge in [-0.3, -0.25) is 19.4 Å². The molecule has 0 bridgehead atoms. The second-order valence-electron chi connectivity index (χ2n) is 6.32. The number of ether oxygens (including phenoxy) is 1. The molecule has 0 spiro atoms. The fraction of sp³-hybridized carbons (Fsp3) is 0.211. The van der Waals surface area contributed by atoms with Crippen LogP contribution in [0.1, 0.15) is 0 Å². The van der Waals surface area contributed by atoms with Crippen LogP contribution in [0.2, 0.25) is 0 Å². The second kappa shape index (κ2) is 7.10. The van der Waals surface area contributed by atoms with Gasteiger partial charge in [0.2, 0.25) is 5.91 Å². The number of nitrogens with zero attached hydrogens (tertiary/aromatic N) is 4. The molecule has 1 fully saturated rings. The smallest absolute Gasteiger partial charge is 0.263 e. The van der Waals surface area contributed by atoms with E-state index in [9.17, 15) is 14.4 Å². The van der Waals surface area contributed by atoms with Gasteiger partial charge in [-0.05, 0) is 36.4 Å². The molecule has 3 amide bonds. The first-order valence-corrected chi connectivity index (χ1v) is 8.62. The Hall–Kier alpha value is -3.75. The lowest BCUT2D eigenvalue weighted by Crippen LogP contribution is -2.43. The number of methoxy groups -OCH3 is 1. The average Bonchev–Trinajstić information content (AvgIpc) is 3.22. The standard InChI is InChI=1S/C19H17N5O4/c1-28-14-9-7-13(8-10-14)24-18(26)16-17(19(24)27)23(22-21-16)11-15(25)20-12-5-3-2-4-6-12/h2-10,16-17H,11H2,1H3,(H,20,25)/t16-,17+/m1/s1. The summed E-state index contributed by atoms with van der Waals surface area (Å²) in [5.41, 5.74) is 1.06. The van der Waals surface area contributed by atoms with Crippen molar-refractivity contribution in [3.05, 3.63) is 54.6 Å². The summed E-state index contributed by atoms with van der Waals surface area (Å²) < 4.78 is 5.10. The maximum Gasteiger partial charge on any atom is 0.263 e. The molecule has 142 valence electrons. The highest BCUT2D eigenvalue weighted by atomic mass is 16.5. The van der Waals surface area contributed by atoms with E-state index in [0.29, 0.717) is 17.1 Å². The first-order chi connectivity index (χ1) is 13.6. The Balaban J connectivity index is 1.48. The molecule has 2 atom stereocenters. The Kier molecular flexibility index (Phi) is 4.48. The van der Waals surface area contributed by atoms with E-state index in [1.165, 1.54) is 12.1 Å². The maximum absolute atomic E-state index is 12.9. The monoisotopic (exact) mass is 379 g/mol. The molecule has 9 nitrogen and oxygen atoms in total. The van der Waals surface area contributed by atoms with Crippen molar-refractivity contribution in [1.29, 1.82) is 0 Å². The van der Waals surface area contributed by atoms with Crippen LogP contribution in [-0.2, 0) is 14.4 Å². The number of benzene rings is 2. The van der Waals surface area contributed by atoms with Gasteiger partial charge in [0.05, 0.1) is 12.8 Å². The molecule has 28 heavy (non-hydrogen) atoms. The number of fused-ring (bicyclic) bond motifs is 1. The van der Waals surface area contributed by atoms with E-state index >= 15 is 0 Å². The van der Waals surface area contributed by atoms with Crippen molar-refractivity contribution in [3.8, 4) is 5.75 Å². The molecule has 0 unspecified atom stereocenters. The minimum Gasteiger partial charge on any atom is -0.497 e. The van der Waals surface area contributed by atoms with Crippen LogP contribution in [0.4, 0.5) is 11.4 Å². The quantitative estimate of drug-likeness (QED) is 0.795. The molecule has 0 radical (unpaired) electrons. The van der Waals surface area contributed by atoms with Gasteiger partial charge in [0, 0.05) is 5.69 Å². The highest BCUT2D eigenvalue weighted by Gasteiger charge is 2.55. The predicted molar refractivity (Wildman–Crippen MR) is 99.7 cm³/mol. The van der Waals surface area contributed by atoms with Crippen molar-refractivity contribution in [1.82, 2.24) is 5.01 Å². The molecular weight excluding hydrogens is 362 g/mol. The third-order valence-electron chi connectivity index (χ3n) is 4.55. The van der Waals surface area contributed by atoms with Crippen molar-refractivity contribution in [2.75, 3.05) is 23.9 Å². The zero-order chi connectivity index (χ0) is 19.7. The summed E-state index contributed by atoms with van der Waals surface area (Å²) in [6.45, 7) is -0.185. The van der Waals surface area contributed by atoms with Gasteiger partial charge in [0.25, 0.3) is 11.8 Å². The fourth-order valence-corrected chi connectivity index (χ4v) is 3.21. The van der Waals surface area contributed by atoms with Gasteiger partial charge in [-0.1, -0.05) is 23.4 Å². The molecule has 1 N–H and O–H groups in total. The van der Waals surface area contributed by atoms with Gasteiger partial charge in [-0.15, -0.1) is 0 Å². The zero-order valence-corrected chi connectivity index (χ0v) is 15.0. The fourth-order valence-electron chi connectivity index (χ4n) is 3.21. The lowest BCUT2D eigenvalue weighted by atomic mass is 10.1. The first kappa shape index (κ1) is 17.7. The number of para-hydroxylation sites is 1. The lowest BCUT2D eigenvalue weighted by Gasteiger charge is -2.20. The molecule has 4 rings (SSSR count). The highest BCUT2D eigenvalue weighted by molar-refractivity contribution is 6.25. The molecule has 9 heteroatoms. The van der Waals surface area contributed by atoms with Gasteiger partial charge < -0.3 is 10.1 Å². The summed E-state index contributed by atoms with van der Waals surface area (Å²) in [6.07, 6.45) is 0. The van der Waals surface area contributed by atoms with E-state index in [0.717, 1.165) is 4.90 Å². The molecule has 2 aliphatic heterocycles. The van der Waals surface area contributed by atoms with Crippen LogP contribution in [0.15, 0.2) is 64.9 Å². The normalized spacial score (nSPS) is 20.5. The van der Waals surface area contributed by atoms with Crippen LogP contribution < -0.4 is 15.0 Å². The van der Waals surface area contributed by atoms with Crippen LogP contribution in [0.3, 0.4) is 0 Å². The molecule has 2 aliphatic rings. The lowest BCUT2D eigenvalue weighted by molar-refractivity contribution is -0.123. The molecule has 0 aromatic heterocycles. The van der Waals surface area contributed by atoms with Crippen molar-refractivity contribution < 1.29 is 19.1 Å². The van der Waals surface area contributed by atoms with E-state index in [4.69, 9.17) is 4.74 Å². The van der Waals surface area contributed by atoms with Gasteiger partial charge in [0.15, 0.2) is 12.1 Å². The Bertz CT molecular complexity index is 945. The summed E-state index contributed by atoms with van der Waals surface area (Å²) in [5.74, 6) is -0.663. The minimum absolute atomic E-state index is 0.185. The van der Waals surface area contributed by atoms with Gasteiger partial charge >= 0.3 is 0 Å². The third kappa shape index (κ3) is 3.07. The Morgan fingerprint density at radius 2 is 1.79 bits per heavy atom. The van der Waals surface area contributed by atoms with Gasteiger partial charge in [-0.2, -0.15) is 5.11 Å². The highest BCUT2D eigenvalue weighted by Crippen LogP contribution is 2.32. The number of amides is 3. The van der Waals surface area contributed by atoms with E-state index in [1.807, 2.05) is 6.07 Å². The number of rotatable bonds is 5. The van der Waals surface area contributed by atoms with Crippen LogP contribution in [-0.4, -0.2) is 48.5 Å². The Morgan fingerprint density at radius 3 is 2.46 bits per heavy atom. The topological polar surface area (TPSA) is 104 Å². The summed E-state index contributed by atoms with van der Waals surface area (Å²) in [5, 5.41) is 11.8. The van der Waals surface area contributed by atoms with Crippen molar-refractivity contribution in [2.24, 2.45) is 10.3 Å². The number of hydrogen-bond donors (Lipinski definition) is 1. The van der Waals surface area contributed by atoms with Crippen molar-refractivity contribution in [3.63, 3.8) is 0 Å². The SMILES string of the molecule is COc1ccc(N2C(=O)[C@@H]3[C@@H](N=NN3CC(=O)Nc3ccccc3)C2=O)cc1. The number of carbonyl (C=O) groups is 3. The number of imide groups is 1. The van der Waals surface area contributed by atoms with Gasteiger partial charge in [-0.25, -0.2) is 4.90 Å². The maximum atomic E-state index is 12.9. The third-order valence-corrected chi connectivity index (χ3v) is 4.55. The number of nitrogens with one attached hydrogen (secondary N) is 1. The zero-order valence-electron chi connectivity index (χ0n) is 15.0. The summed E-state index contributed by atoms with van der Waals surface area (Å²) >= 11 is 0. The van der Waals surface area contributed by atoms with E-state index < -0.39 is 23.9 Å². The molecule has 0 aliphatic carbocycles. The van der Waals surface area contributed by atoms with Crippen molar-refractivity contribution >= 4 is 29.1 Å². The van der Waals surface area contributed by atoms with Gasteiger partial charge in [0.1, 0.15) is 12.3 Å². The summed E-state index contributed by atoms with van der Waals surface area (Å²) in [4.78, 5) is 38.9. The van der Waals surface area contributed by atoms with Crippen LogP contribution in [0.5, 0.6) is 5.75 Å². The number of hydrogen-bond acceptors (Lipinski definition) is 7. The minimum atomic E-state index is -0.945. The molecule has 2 aromatic rings.